The van der Waals surface area contributed by atoms with Crippen LogP contribution >= 0.6 is 0 Å². The highest BCUT2D eigenvalue weighted by atomic mass is 19.4. The second-order valence-corrected chi connectivity index (χ2v) is 6.67. The summed E-state index contributed by atoms with van der Waals surface area (Å²) in [6.07, 6.45) is -14.5. The topological polar surface area (TPSA) is 56.1 Å². The number of hydrazone groups is 1. The van der Waals surface area contributed by atoms with Crippen LogP contribution in [0.15, 0.2) is 53.6 Å². The highest BCUT2D eigenvalue weighted by Gasteiger charge is 2.52. The standard InChI is InChI=1S/C19H16F6N2O2/c1-10-2-8-13(9-3-10)27-17(29)14(16(28)19(23,24)25)15(26-27)11-4-6-12(7-5-11)18(20,21)22/h2-9,14,16-17,28-29H,1H3. The SMILES string of the molecule is Cc1ccc(N2N=C(c3ccc(C(F)(F)F)cc3)C(C(O)C(F)(F)F)C2O)cc1. The highest BCUT2D eigenvalue weighted by Crippen LogP contribution is 2.37. The first-order valence-corrected chi connectivity index (χ1v) is 8.44. The number of anilines is 1. The molecule has 1 aliphatic heterocycles. The van der Waals surface area contributed by atoms with Gasteiger partial charge in [-0.2, -0.15) is 31.4 Å². The number of aliphatic hydroxyl groups is 2. The van der Waals surface area contributed by atoms with Crippen LogP contribution in [0.25, 0.3) is 0 Å². The van der Waals surface area contributed by atoms with Crippen LogP contribution in [0.4, 0.5) is 32.0 Å². The summed E-state index contributed by atoms with van der Waals surface area (Å²) in [5, 5.41) is 25.2. The molecule has 2 N–H and O–H groups in total. The molecular formula is C19H16F6N2O2. The first-order valence-electron chi connectivity index (χ1n) is 8.44. The molecule has 0 aliphatic carbocycles. The molecule has 0 saturated heterocycles. The number of halogens is 6. The number of aliphatic hydroxyl groups excluding tert-OH is 2. The van der Waals surface area contributed by atoms with Gasteiger partial charge in [0, 0.05) is 0 Å². The third-order valence-corrected chi connectivity index (χ3v) is 4.59. The molecule has 0 bridgehead atoms. The Morgan fingerprint density at radius 3 is 1.97 bits per heavy atom. The third-order valence-electron chi connectivity index (χ3n) is 4.59. The summed E-state index contributed by atoms with van der Waals surface area (Å²) in [6.45, 7) is 1.79. The van der Waals surface area contributed by atoms with Crippen molar-refractivity contribution < 1.29 is 36.6 Å². The van der Waals surface area contributed by atoms with Crippen molar-refractivity contribution >= 4 is 11.4 Å². The van der Waals surface area contributed by atoms with Crippen molar-refractivity contribution in [2.45, 2.75) is 31.6 Å². The number of benzene rings is 2. The van der Waals surface area contributed by atoms with Crippen LogP contribution in [-0.2, 0) is 6.18 Å². The van der Waals surface area contributed by atoms with E-state index >= 15 is 0 Å². The number of rotatable bonds is 3. The Hall–Kier alpha value is -2.59. The molecule has 0 aromatic heterocycles. The van der Waals surface area contributed by atoms with Crippen molar-refractivity contribution in [3.63, 3.8) is 0 Å². The van der Waals surface area contributed by atoms with Gasteiger partial charge >= 0.3 is 12.4 Å². The molecule has 0 fully saturated rings. The number of alkyl halides is 6. The van der Waals surface area contributed by atoms with Gasteiger partial charge in [-0.05, 0) is 36.8 Å². The fraction of sp³-hybridized carbons (Fsp3) is 0.316. The molecule has 3 unspecified atom stereocenters. The average Bonchev–Trinajstić information content (AvgIpc) is 2.97. The molecule has 0 saturated carbocycles. The van der Waals surface area contributed by atoms with Gasteiger partial charge in [0.25, 0.3) is 0 Å². The van der Waals surface area contributed by atoms with Crippen molar-refractivity contribution in [1.82, 2.24) is 0 Å². The van der Waals surface area contributed by atoms with E-state index in [0.717, 1.165) is 22.7 Å². The Morgan fingerprint density at radius 2 is 1.48 bits per heavy atom. The van der Waals surface area contributed by atoms with Gasteiger partial charge in [0.05, 0.1) is 22.9 Å². The van der Waals surface area contributed by atoms with Crippen LogP contribution in [-0.4, -0.2) is 34.4 Å². The average molecular weight is 418 g/mol. The van der Waals surface area contributed by atoms with Crippen molar-refractivity contribution in [3.8, 4) is 0 Å². The molecule has 0 spiro atoms. The van der Waals surface area contributed by atoms with Gasteiger partial charge in [-0.25, -0.2) is 5.01 Å². The van der Waals surface area contributed by atoms with E-state index in [-0.39, 0.29) is 17.0 Å². The lowest BCUT2D eigenvalue weighted by Crippen LogP contribution is -2.47. The maximum absolute atomic E-state index is 13.2. The maximum Gasteiger partial charge on any atom is 0.416 e. The Morgan fingerprint density at radius 1 is 0.931 bits per heavy atom. The lowest BCUT2D eigenvalue weighted by Gasteiger charge is -2.27. The van der Waals surface area contributed by atoms with Crippen molar-refractivity contribution in [2.75, 3.05) is 5.01 Å². The van der Waals surface area contributed by atoms with Crippen molar-refractivity contribution in [2.24, 2.45) is 11.0 Å². The molecule has 2 aromatic carbocycles. The van der Waals surface area contributed by atoms with E-state index in [2.05, 4.69) is 5.10 Å². The van der Waals surface area contributed by atoms with E-state index in [0.29, 0.717) is 12.1 Å². The highest BCUT2D eigenvalue weighted by molar-refractivity contribution is 6.05. The van der Waals surface area contributed by atoms with E-state index in [1.54, 1.807) is 19.1 Å². The first-order chi connectivity index (χ1) is 13.4. The summed E-state index contributed by atoms with van der Waals surface area (Å²) in [7, 11) is 0. The van der Waals surface area contributed by atoms with Crippen LogP contribution in [0.3, 0.4) is 0 Å². The van der Waals surface area contributed by atoms with E-state index in [4.69, 9.17) is 0 Å². The van der Waals surface area contributed by atoms with Crippen LogP contribution in [0.2, 0.25) is 0 Å². The second-order valence-electron chi connectivity index (χ2n) is 6.67. The maximum atomic E-state index is 13.2. The van der Waals surface area contributed by atoms with E-state index in [1.165, 1.54) is 12.1 Å². The van der Waals surface area contributed by atoms with Gasteiger partial charge in [0.2, 0.25) is 0 Å². The molecule has 0 amide bonds. The van der Waals surface area contributed by atoms with E-state index in [9.17, 15) is 36.6 Å². The van der Waals surface area contributed by atoms with Crippen LogP contribution in [0.1, 0.15) is 16.7 Å². The predicted molar refractivity (Wildman–Crippen MR) is 93.2 cm³/mol. The fourth-order valence-electron chi connectivity index (χ4n) is 3.04. The summed E-state index contributed by atoms with van der Waals surface area (Å²) >= 11 is 0. The molecule has 10 heteroatoms. The number of hydrogen-bond donors (Lipinski definition) is 2. The van der Waals surface area contributed by atoms with Crippen LogP contribution in [0.5, 0.6) is 0 Å². The number of hydrogen-bond acceptors (Lipinski definition) is 4. The quantitative estimate of drug-likeness (QED) is 0.739. The molecular weight excluding hydrogens is 402 g/mol. The smallest absolute Gasteiger partial charge is 0.383 e. The monoisotopic (exact) mass is 418 g/mol. The van der Waals surface area contributed by atoms with E-state index in [1.807, 2.05) is 0 Å². The molecule has 4 nitrogen and oxygen atoms in total. The summed E-state index contributed by atoms with van der Waals surface area (Å²) < 4.78 is 77.9. The van der Waals surface area contributed by atoms with Crippen molar-refractivity contribution in [3.05, 3.63) is 65.2 Å². The minimum Gasteiger partial charge on any atom is -0.383 e. The molecule has 156 valence electrons. The molecule has 0 radical (unpaired) electrons. The summed E-state index contributed by atoms with van der Waals surface area (Å²) in [5.74, 6) is -1.91. The number of aryl methyl sites for hydroxylation is 1. The Labute approximate surface area is 161 Å². The van der Waals surface area contributed by atoms with E-state index < -0.39 is 36.2 Å². The van der Waals surface area contributed by atoms with Gasteiger partial charge in [-0.3, -0.25) is 0 Å². The van der Waals surface area contributed by atoms with Gasteiger partial charge < -0.3 is 10.2 Å². The molecule has 29 heavy (non-hydrogen) atoms. The molecule has 2 aromatic rings. The summed E-state index contributed by atoms with van der Waals surface area (Å²) in [4.78, 5) is 0. The summed E-state index contributed by atoms with van der Waals surface area (Å²) in [6, 6.07) is 9.69. The minimum absolute atomic E-state index is 0.0695. The zero-order valence-corrected chi connectivity index (χ0v) is 14.9. The second kappa shape index (κ2) is 7.34. The van der Waals surface area contributed by atoms with Gasteiger partial charge in [-0.15, -0.1) is 0 Å². The van der Waals surface area contributed by atoms with Gasteiger partial charge in [-0.1, -0.05) is 29.8 Å². The Bertz CT molecular complexity index is 891. The molecule has 3 atom stereocenters. The lowest BCUT2D eigenvalue weighted by molar-refractivity contribution is -0.218. The largest absolute Gasteiger partial charge is 0.416 e. The molecule has 3 rings (SSSR count). The lowest BCUT2D eigenvalue weighted by atomic mass is 9.90. The fourth-order valence-corrected chi connectivity index (χ4v) is 3.04. The number of nitrogens with zero attached hydrogens (tertiary/aromatic N) is 2. The van der Waals surface area contributed by atoms with Gasteiger partial charge in [0.15, 0.2) is 12.3 Å². The Kier molecular flexibility index (Phi) is 5.35. The normalized spacial score (nSPS) is 21.3. The van der Waals surface area contributed by atoms with Crippen molar-refractivity contribution in [1.29, 1.82) is 0 Å². The molecule has 1 heterocycles. The summed E-state index contributed by atoms with van der Waals surface area (Å²) in [5.41, 5.74) is -0.286. The molecule has 1 aliphatic rings. The minimum atomic E-state index is -5.07. The predicted octanol–water partition coefficient (Wildman–Crippen LogP) is 4.10. The zero-order valence-electron chi connectivity index (χ0n) is 14.9. The Balaban J connectivity index is 2.05. The van der Waals surface area contributed by atoms with Gasteiger partial charge in [0.1, 0.15) is 0 Å². The van der Waals surface area contributed by atoms with Crippen LogP contribution < -0.4 is 5.01 Å². The third kappa shape index (κ3) is 4.23. The van der Waals surface area contributed by atoms with Crippen LogP contribution in [0, 0.1) is 12.8 Å². The zero-order chi connectivity index (χ0) is 21.6. The first kappa shape index (κ1) is 21.1.